The summed E-state index contributed by atoms with van der Waals surface area (Å²) in [5, 5.41) is 8.93. The second-order valence-corrected chi connectivity index (χ2v) is 5.59. The molecule has 0 aliphatic carbocycles. The van der Waals surface area contributed by atoms with E-state index in [1.807, 2.05) is 25.1 Å². The molecular weight excluding hydrogens is 357 g/mol. The molecule has 0 bridgehead atoms. The lowest BCUT2D eigenvalue weighted by atomic mass is 9.90. The van der Waals surface area contributed by atoms with Crippen LogP contribution in [0.1, 0.15) is 18.9 Å². The van der Waals surface area contributed by atoms with Gasteiger partial charge in [0.25, 0.3) is 0 Å². The van der Waals surface area contributed by atoms with Crippen LogP contribution in [0, 0.1) is 3.57 Å². The van der Waals surface area contributed by atoms with Gasteiger partial charge in [-0.05, 0) is 59.7 Å². The molecule has 0 fully saturated rings. The van der Waals surface area contributed by atoms with Gasteiger partial charge in [-0.15, -0.1) is 0 Å². The molecule has 0 aliphatic heterocycles. The summed E-state index contributed by atoms with van der Waals surface area (Å²) in [6.07, 6.45) is 0.569. The molecule has 2 nitrogen and oxygen atoms in total. The van der Waals surface area contributed by atoms with E-state index in [1.54, 1.807) is 0 Å². The van der Waals surface area contributed by atoms with Crippen molar-refractivity contribution in [2.24, 2.45) is 5.73 Å². The predicted molar refractivity (Wildman–Crippen MR) is 70.1 cm³/mol. The Morgan fingerprint density at radius 2 is 2.21 bits per heavy atom. The van der Waals surface area contributed by atoms with Gasteiger partial charge in [-0.1, -0.05) is 15.9 Å². The summed E-state index contributed by atoms with van der Waals surface area (Å²) in [6, 6.07) is 6.01. The van der Waals surface area contributed by atoms with Crippen LogP contribution in [0.2, 0.25) is 0 Å². The minimum absolute atomic E-state index is 0.107. The molecule has 78 valence electrons. The Morgan fingerprint density at radius 3 is 2.79 bits per heavy atom. The van der Waals surface area contributed by atoms with Gasteiger partial charge in [0.2, 0.25) is 0 Å². The van der Waals surface area contributed by atoms with E-state index in [-0.39, 0.29) is 6.61 Å². The maximum absolute atomic E-state index is 8.93. The fraction of sp³-hybridized carbons (Fsp3) is 0.400. The van der Waals surface area contributed by atoms with E-state index in [2.05, 4.69) is 38.5 Å². The van der Waals surface area contributed by atoms with Crippen LogP contribution in [0.3, 0.4) is 0 Å². The minimum Gasteiger partial charge on any atom is -0.396 e. The van der Waals surface area contributed by atoms with Crippen molar-refractivity contribution in [3.05, 3.63) is 31.8 Å². The van der Waals surface area contributed by atoms with Crippen LogP contribution in [-0.2, 0) is 5.54 Å². The lowest BCUT2D eigenvalue weighted by molar-refractivity contribution is 0.247. The standard InChI is InChI=1S/C10H13BrINO/c1-10(13,4-5-14)8-6-7(11)2-3-9(8)12/h2-3,6,14H,4-5,13H2,1H3. The molecule has 0 aliphatic rings. The Morgan fingerprint density at radius 1 is 1.57 bits per heavy atom. The Bertz CT molecular complexity index is 328. The first-order valence-electron chi connectivity index (χ1n) is 4.32. The first-order chi connectivity index (χ1) is 6.47. The average Bonchev–Trinajstić information content (AvgIpc) is 2.09. The zero-order valence-electron chi connectivity index (χ0n) is 7.93. The van der Waals surface area contributed by atoms with E-state index in [4.69, 9.17) is 10.8 Å². The van der Waals surface area contributed by atoms with Crippen molar-refractivity contribution >= 4 is 38.5 Å². The largest absolute Gasteiger partial charge is 0.396 e. The van der Waals surface area contributed by atoms with Crippen LogP contribution >= 0.6 is 38.5 Å². The predicted octanol–water partition coefficient (Wildman–Crippen LogP) is 2.61. The SMILES string of the molecule is CC(N)(CCO)c1cc(Br)ccc1I. The van der Waals surface area contributed by atoms with Gasteiger partial charge >= 0.3 is 0 Å². The number of halogens is 2. The van der Waals surface area contributed by atoms with Crippen LogP contribution in [0.5, 0.6) is 0 Å². The monoisotopic (exact) mass is 369 g/mol. The van der Waals surface area contributed by atoms with E-state index in [9.17, 15) is 0 Å². The molecule has 0 saturated carbocycles. The molecule has 0 saturated heterocycles. The van der Waals surface area contributed by atoms with Gasteiger partial charge in [0.1, 0.15) is 0 Å². The number of rotatable bonds is 3. The summed E-state index contributed by atoms with van der Waals surface area (Å²) in [4.78, 5) is 0. The molecule has 1 unspecified atom stereocenters. The van der Waals surface area contributed by atoms with Crippen molar-refractivity contribution in [1.82, 2.24) is 0 Å². The second-order valence-electron chi connectivity index (χ2n) is 3.52. The van der Waals surface area contributed by atoms with Gasteiger partial charge in [-0.3, -0.25) is 0 Å². The van der Waals surface area contributed by atoms with Crippen LogP contribution in [-0.4, -0.2) is 11.7 Å². The van der Waals surface area contributed by atoms with Crippen molar-refractivity contribution < 1.29 is 5.11 Å². The van der Waals surface area contributed by atoms with Gasteiger partial charge in [0.05, 0.1) is 0 Å². The molecule has 0 heterocycles. The van der Waals surface area contributed by atoms with Gasteiger partial charge in [0, 0.05) is 20.2 Å². The van der Waals surface area contributed by atoms with Gasteiger partial charge in [-0.25, -0.2) is 0 Å². The van der Waals surface area contributed by atoms with E-state index < -0.39 is 5.54 Å². The quantitative estimate of drug-likeness (QED) is 0.804. The number of hydrogen-bond donors (Lipinski definition) is 2. The highest BCUT2D eigenvalue weighted by atomic mass is 127. The van der Waals surface area contributed by atoms with E-state index >= 15 is 0 Å². The highest BCUT2D eigenvalue weighted by molar-refractivity contribution is 14.1. The molecule has 0 aromatic heterocycles. The summed E-state index contributed by atoms with van der Waals surface area (Å²) in [6.45, 7) is 2.04. The summed E-state index contributed by atoms with van der Waals surface area (Å²) in [7, 11) is 0. The third kappa shape index (κ3) is 2.92. The Hall–Kier alpha value is 0.350. The first kappa shape index (κ1) is 12.4. The van der Waals surface area contributed by atoms with Gasteiger partial charge < -0.3 is 10.8 Å². The van der Waals surface area contributed by atoms with Crippen molar-refractivity contribution in [2.45, 2.75) is 18.9 Å². The minimum atomic E-state index is -0.463. The van der Waals surface area contributed by atoms with Crippen LogP contribution in [0.15, 0.2) is 22.7 Å². The molecule has 1 atom stereocenters. The summed E-state index contributed by atoms with van der Waals surface area (Å²) in [5.41, 5.74) is 6.74. The van der Waals surface area contributed by atoms with Crippen LogP contribution in [0.25, 0.3) is 0 Å². The molecule has 0 amide bonds. The molecule has 0 spiro atoms. The molecule has 1 aromatic carbocycles. The second kappa shape index (κ2) is 4.92. The van der Waals surface area contributed by atoms with Crippen molar-refractivity contribution in [2.75, 3.05) is 6.61 Å². The molecule has 1 rings (SSSR count). The van der Waals surface area contributed by atoms with Crippen molar-refractivity contribution in [3.63, 3.8) is 0 Å². The van der Waals surface area contributed by atoms with E-state index in [0.29, 0.717) is 6.42 Å². The van der Waals surface area contributed by atoms with Gasteiger partial charge in [-0.2, -0.15) is 0 Å². The number of benzene rings is 1. The highest BCUT2D eigenvalue weighted by Crippen LogP contribution is 2.28. The zero-order valence-corrected chi connectivity index (χ0v) is 11.7. The normalized spacial score (nSPS) is 15.2. The average molecular weight is 370 g/mol. The lowest BCUT2D eigenvalue weighted by Gasteiger charge is -2.25. The van der Waals surface area contributed by atoms with Crippen molar-refractivity contribution in [3.8, 4) is 0 Å². The molecule has 14 heavy (non-hydrogen) atoms. The number of aliphatic hydroxyl groups is 1. The van der Waals surface area contributed by atoms with Gasteiger partial charge in [0.15, 0.2) is 0 Å². The first-order valence-corrected chi connectivity index (χ1v) is 6.20. The topological polar surface area (TPSA) is 46.2 Å². The third-order valence-corrected chi connectivity index (χ3v) is 3.61. The zero-order chi connectivity index (χ0) is 10.8. The molecule has 0 radical (unpaired) electrons. The highest BCUT2D eigenvalue weighted by Gasteiger charge is 2.23. The van der Waals surface area contributed by atoms with E-state index in [0.717, 1.165) is 13.6 Å². The third-order valence-electron chi connectivity index (χ3n) is 2.17. The number of aliphatic hydroxyl groups excluding tert-OH is 1. The smallest absolute Gasteiger partial charge is 0.0451 e. The van der Waals surface area contributed by atoms with Crippen LogP contribution < -0.4 is 5.73 Å². The van der Waals surface area contributed by atoms with Crippen LogP contribution in [0.4, 0.5) is 0 Å². The molecule has 1 aromatic rings. The Labute approximate surface area is 106 Å². The maximum atomic E-state index is 8.93. The van der Waals surface area contributed by atoms with Crippen molar-refractivity contribution in [1.29, 1.82) is 0 Å². The molecule has 3 N–H and O–H groups in total. The summed E-state index contributed by atoms with van der Waals surface area (Å²) in [5.74, 6) is 0. The Kier molecular flexibility index (Phi) is 4.36. The fourth-order valence-electron chi connectivity index (χ4n) is 1.30. The van der Waals surface area contributed by atoms with E-state index in [1.165, 1.54) is 0 Å². The summed E-state index contributed by atoms with van der Waals surface area (Å²) >= 11 is 5.68. The lowest BCUT2D eigenvalue weighted by Crippen LogP contribution is -2.34. The summed E-state index contributed by atoms with van der Waals surface area (Å²) < 4.78 is 2.15. The maximum Gasteiger partial charge on any atom is 0.0451 e. The number of hydrogen-bond acceptors (Lipinski definition) is 2. The molecular formula is C10H13BrINO. The fourth-order valence-corrected chi connectivity index (χ4v) is 2.61. The number of nitrogens with two attached hydrogens (primary N) is 1. The Balaban J connectivity index is 3.10. The molecule has 4 heteroatoms.